The average molecular weight is 340 g/mol. The number of rotatable bonds is 2. The Labute approximate surface area is 122 Å². The highest BCUT2D eigenvalue weighted by Crippen LogP contribution is 2.32. The molecular formula is C12H17BrCl2N2. The Kier molecular flexibility index (Phi) is 6.24. The van der Waals surface area contributed by atoms with Crippen LogP contribution >= 0.6 is 39.9 Å². The van der Waals surface area contributed by atoms with E-state index in [-0.39, 0.29) is 18.4 Å². The summed E-state index contributed by atoms with van der Waals surface area (Å²) in [5, 5.41) is 4.12. The van der Waals surface area contributed by atoms with Gasteiger partial charge in [0.1, 0.15) is 0 Å². The molecular weight excluding hydrogens is 323 g/mol. The third-order valence-corrected chi connectivity index (χ3v) is 4.05. The first kappa shape index (κ1) is 15.3. The molecule has 1 heterocycles. The smallest absolute Gasteiger partial charge is 0.0454 e. The predicted octanol–water partition coefficient (Wildman–Crippen LogP) is 3.52. The van der Waals surface area contributed by atoms with Gasteiger partial charge in [0, 0.05) is 15.5 Å². The molecule has 0 unspecified atom stereocenters. The summed E-state index contributed by atoms with van der Waals surface area (Å²) in [5.41, 5.74) is 7.36. The van der Waals surface area contributed by atoms with Crippen LogP contribution in [0.5, 0.6) is 0 Å². The Hall–Kier alpha value is 0.200. The van der Waals surface area contributed by atoms with Crippen LogP contribution in [0.2, 0.25) is 5.02 Å². The fourth-order valence-corrected chi connectivity index (χ4v) is 2.85. The lowest BCUT2D eigenvalue weighted by Crippen LogP contribution is -2.33. The SMILES string of the molecule is Cl.N[C@@H](c1cc(Br)ccc1Cl)C1CCNCC1. The van der Waals surface area contributed by atoms with Crippen molar-refractivity contribution in [1.82, 2.24) is 5.32 Å². The molecule has 2 nitrogen and oxygen atoms in total. The van der Waals surface area contributed by atoms with Crippen molar-refractivity contribution in [3.8, 4) is 0 Å². The van der Waals surface area contributed by atoms with Crippen LogP contribution in [0.3, 0.4) is 0 Å². The number of nitrogens with two attached hydrogens (primary N) is 1. The fraction of sp³-hybridized carbons (Fsp3) is 0.500. The van der Waals surface area contributed by atoms with Gasteiger partial charge >= 0.3 is 0 Å². The van der Waals surface area contributed by atoms with Crippen molar-refractivity contribution in [2.75, 3.05) is 13.1 Å². The summed E-state index contributed by atoms with van der Waals surface area (Å²) in [7, 11) is 0. The number of halogens is 3. The van der Waals surface area contributed by atoms with Crippen LogP contribution in [0, 0.1) is 5.92 Å². The lowest BCUT2D eigenvalue weighted by molar-refractivity contribution is 0.322. The van der Waals surface area contributed by atoms with Crippen molar-refractivity contribution < 1.29 is 0 Å². The molecule has 1 aliphatic rings. The van der Waals surface area contributed by atoms with Crippen LogP contribution in [0.4, 0.5) is 0 Å². The van der Waals surface area contributed by atoms with Crippen LogP contribution < -0.4 is 11.1 Å². The van der Waals surface area contributed by atoms with E-state index in [1.165, 1.54) is 0 Å². The first-order valence-corrected chi connectivity index (χ1v) is 6.77. The van der Waals surface area contributed by atoms with E-state index in [0.29, 0.717) is 5.92 Å². The van der Waals surface area contributed by atoms with Gasteiger partial charge in [-0.1, -0.05) is 27.5 Å². The number of nitrogens with one attached hydrogen (secondary N) is 1. The van der Waals surface area contributed by atoms with Gasteiger partial charge in [-0.2, -0.15) is 0 Å². The molecule has 1 aromatic carbocycles. The van der Waals surface area contributed by atoms with E-state index in [1.807, 2.05) is 18.2 Å². The summed E-state index contributed by atoms with van der Waals surface area (Å²) in [6.07, 6.45) is 2.26. The Balaban J connectivity index is 0.00000144. The number of benzene rings is 1. The molecule has 1 saturated heterocycles. The predicted molar refractivity (Wildman–Crippen MR) is 78.9 cm³/mol. The Bertz CT molecular complexity index is 368. The monoisotopic (exact) mass is 338 g/mol. The molecule has 1 atom stereocenters. The molecule has 0 spiro atoms. The first-order chi connectivity index (χ1) is 7.68. The second-order valence-electron chi connectivity index (χ2n) is 4.28. The van der Waals surface area contributed by atoms with Gasteiger partial charge in [0.2, 0.25) is 0 Å². The van der Waals surface area contributed by atoms with Crippen LogP contribution in [-0.2, 0) is 0 Å². The molecule has 0 bridgehead atoms. The molecule has 0 amide bonds. The van der Waals surface area contributed by atoms with Gasteiger partial charge in [0.05, 0.1) is 0 Å². The lowest BCUT2D eigenvalue weighted by atomic mass is 9.86. The van der Waals surface area contributed by atoms with Crippen molar-refractivity contribution >= 4 is 39.9 Å². The third-order valence-electron chi connectivity index (χ3n) is 3.21. The summed E-state index contributed by atoms with van der Waals surface area (Å²) in [6, 6.07) is 5.94. The van der Waals surface area contributed by atoms with Gasteiger partial charge in [-0.25, -0.2) is 0 Å². The lowest BCUT2D eigenvalue weighted by Gasteiger charge is -2.29. The topological polar surface area (TPSA) is 38.0 Å². The quantitative estimate of drug-likeness (QED) is 0.865. The van der Waals surface area contributed by atoms with Gasteiger partial charge < -0.3 is 11.1 Å². The molecule has 1 aromatic rings. The highest BCUT2D eigenvalue weighted by Gasteiger charge is 2.23. The molecule has 1 aliphatic heterocycles. The highest BCUT2D eigenvalue weighted by atomic mass is 79.9. The van der Waals surface area contributed by atoms with E-state index >= 15 is 0 Å². The van der Waals surface area contributed by atoms with Crippen LogP contribution in [0.1, 0.15) is 24.4 Å². The van der Waals surface area contributed by atoms with E-state index in [1.54, 1.807) is 0 Å². The van der Waals surface area contributed by atoms with Crippen molar-refractivity contribution in [1.29, 1.82) is 0 Å². The maximum absolute atomic E-state index is 6.31. The average Bonchev–Trinajstić information content (AvgIpc) is 2.32. The summed E-state index contributed by atoms with van der Waals surface area (Å²) in [5.74, 6) is 0.535. The second-order valence-corrected chi connectivity index (χ2v) is 5.60. The molecule has 1 fully saturated rings. The Morgan fingerprint density at radius 3 is 2.65 bits per heavy atom. The minimum absolute atomic E-state index is 0. The fourth-order valence-electron chi connectivity index (χ4n) is 2.23. The zero-order chi connectivity index (χ0) is 11.5. The zero-order valence-electron chi connectivity index (χ0n) is 9.46. The molecule has 3 N–H and O–H groups in total. The third kappa shape index (κ3) is 3.83. The Morgan fingerprint density at radius 2 is 2.00 bits per heavy atom. The highest BCUT2D eigenvalue weighted by molar-refractivity contribution is 9.10. The van der Waals surface area contributed by atoms with Crippen LogP contribution in [-0.4, -0.2) is 13.1 Å². The summed E-state index contributed by atoms with van der Waals surface area (Å²) < 4.78 is 1.04. The van der Waals surface area contributed by atoms with Gasteiger partial charge in [-0.05, 0) is 55.6 Å². The molecule has 0 saturated carbocycles. The molecule has 0 radical (unpaired) electrons. The van der Waals surface area contributed by atoms with E-state index < -0.39 is 0 Å². The zero-order valence-corrected chi connectivity index (χ0v) is 12.6. The van der Waals surface area contributed by atoms with Gasteiger partial charge in [0.25, 0.3) is 0 Å². The van der Waals surface area contributed by atoms with E-state index in [0.717, 1.165) is 41.0 Å². The van der Waals surface area contributed by atoms with Crippen LogP contribution in [0.15, 0.2) is 22.7 Å². The van der Waals surface area contributed by atoms with E-state index in [4.69, 9.17) is 17.3 Å². The number of piperidine rings is 1. The summed E-state index contributed by atoms with van der Waals surface area (Å²) in [6.45, 7) is 2.12. The molecule has 96 valence electrons. The summed E-state index contributed by atoms with van der Waals surface area (Å²) >= 11 is 9.66. The van der Waals surface area contributed by atoms with Crippen LogP contribution in [0.25, 0.3) is 0 Å². The molecule has 0 aliphatic carbocycles. The van der Waals surface area contributed by atoms with Crippen molar-refractivity contribution in [3.63, 3.8) is 0 Å². The number of hydrogen-bond donors (Lipinski definition) is 2. The van der Waals surface area contributed by atoms with Crippen molar-refractivity contribution in [3.05, 3.63) is 33.3 Å². The van der Waals surface area contributed by atoms with E-state index in [2.05, 4.69) is 21.2 Å². The maximum atomic E-state index is 6.31. The largest absolute Gasteiger partial charge is 0.324 e. The number of hydrogen-bond acceptors (Lipinski definition) is 2. The minimum Gasteiger partial charge on any atom is -0.324 e. The second kappa shape index (κ2) is 6.95. The van der Waals surface area contributed by atoms with Crippen molar-refractivity contribution in [2.24, 2.45) is 11.7 Å². The van der Waals surface area contributed by atoms with Crippen molar-refractivity contribution in [2.45, 2.75) is 18.9 Å². The minimum atomic E-state index is 0. The standard InChI is InChI=1S/C12H16BrClN2.ClH/c13-9-1-2-11(14)10(7-9)12(15)8-3-5-16-6-4-8;/h1-2,7-8,12,16H,3-6,15H2;1H/t12-;/m1./s1. The molecule has 17 heavy (non-hydrogen) atoms. The van der Waals surface area contributed by atoms with Gasteiger partial charge in [0.15, 0.2) is 0 Å². The molecule has 2 rings (SSSR count). The van der Waals surface area contributed by atoms with E-state index in [9.17, 15) is 0 Å². The molecule has 5 heteroatoms. The first-order valence-electron chi connectivity index (χ1n) is 5.59. The maximum Gasteiger partial charge on any atom is 0.0454 e. The van der Waals surface area contributed by atoms with Gasteiger partial charge in [-0.3, -0.25) is 0 Å². The van der Waals surface area contributed by atoms with Gasteiger partial charge in [-0.15, -0.1) is 12.4 Å². The Morgan fingerprint density at radius 1 is 1.35 bits per heavy atom. The summed E-state index contributed by atoms with van der Waals surface area (Å²) in [4.78, 5) is 0. The normalized spacial score (nSPS) is 18.5. The molecule has 0 aromatic heterocycles.